The first kappa shape index (κ1) is 19.9. The number of methoxy groups -OCH3 is 1. The predicted octanol–water partition coefficient (Wildman–Crippen LogP) is 0.996. The predicted molar refractivity (Wildman–Crippen MR) is 78.2 cm³/mol. The monoisotopic (exact) mass is 323 g/mol. The number of esters is 1. The van der Waals surface area contributed by atoms with E-state index in [4.69, 9.17) is 5.11 Å². The number of hydrogen-bond acceptors (Lipinski definition) is 5. The van der Waals surface area contributed by atoms with Gasteiger partial charge in [0, 0.05) is 19.4 Å². The van der Waals surface area contributed by atoms with Crippen LogP contribution in [0.2, 0.25) is 0 Å². The summed E-state index contributed by atoms with van der Waals surface area (Å²) < 4.78 is 30.4. The van der Waals surface area contributed by atoms with Gasteiger partial charge in [-0.25, -0.2) is 13.1 Å². The van der Waals surface area contributed by atoms with Crippen LogP contribution < -0.4 is 4.72 Å². The van der Waals surface area contributed by atoms with Crippen molar-refractivity contribution >= 4 is 22.0 Å². The second kappa shape index (κ2) is 9.73. The van der Waals surface area contributed by atoms with Crippen LogP contribution in [0.5, 0.6) is 0 Å². The van der Waals surface area contributed by atoms with Crippen LogP contribution in [0.3, 0.4) is 0 Å². The second-order valence-corrected chi connectivity index (χ2v) is 7.37. The summed E-state index contributed by atoms with van der Waals surface area (Å²) in [6.45, 7) is 4.02. The number of ether oxygens (including phenoxy) is 1. The maximum atomic E-state index is 11.8. The van der Waals surface area contributed by atoms with Crippen molar-refractivity contribution in [3.8, 4) is 0 Å². The van der Waals surface area contributed by atoms with Crippen molar-refractivity contribution in [2.45, 2.75) is 39.5 Å². The molecule has 0 heterocycles. The van der Waals surface area contributed by atoms with Gasteiger partial charge in [-0.2, -0.15) is 0 Å². The summed E-state index contributed by atoms with van der Waals surface area (Å²) in [7, 11) is -2.26. The van der Waals surface area contributed by atoms with Gasteiger partial charge in [0.15, 0.2) is 0 Å². The molecule has 0 bridgehead atoms. The molecule has 0 aromatic rings. The number of carbonyl (C=O) groups excluding carboxylic acids is 1. The number of hydrogen-bond donors (Lipinski definition) is 2. The lowest BCUT2D eigenvalue weighted by Gasteiger charge is -2.17. The van der Waals surface area contributed by atoms with Crippen LogP contribution in [0.1, 0.15) is 39.5 Å². The van der Waals surface area contributed by atoms with Crippen LogP contribution in [0.4, 0.5) is 0 Å². The Morgan fingerprint density at radius 1 is 1.29 bits per heavy atom. The summed E-state index contributed by atoms with van der Waals surface area (Å²) >= 11 is 0. The van der Waals surface area contributed by atoms with Gasteiger partial charge in [0.05, 0.1) is 12.9 Å². The molecule has 21 heavy (non-hydrogen) atoms. The molecule has 8 heteroatoms. The van der Waals surface area contributed by atoms with Crippen molar-refractivity contribution in [1.29, 1.82) is 0 Å². The Labute approximate surface area is 126 Å². The number of nitrogens with one attached hydrogen (secondary N) is 1. The Kier molecular flexibility index (Phi) is 9.19. The molecular formula is C13H25NO6S. The minimum absolute atomic E-state index is 0.0436. The molecule has 0 aliphatic carbocycles. The van der Waals surface area contributed by atoms with Crippen LogP contribution in [-0.4, -0.2) is 44.9 Å². The van der Waals surface area contributed by atoms with E-state index in [2.05, 4.69) is 9.46 Å². The molecule has 0 amide bonds. The highest BCUT2D eigenvalue weighted by Crippen LogP contribution is 2.15. The summed E-state index contributed by atoms with van der Waals surface area (Å²) in [5.41, 5.74) is 0. The number of carboxylic acid groups (broad SMARTS) is 1. The molecule has 0 aliphatic rings. The maximum Gasteiger partial charge on any atom is 0.305 e. The van der Waals surface area contributed by atoms with Gasteiger partial charge in [-0.3, -0.25) is 9.59 Å². The lowest BCUT2D eigenvalue weighted by molar-refractivity contribution is -0.140. The lowest BCUT2D eigenvalue weighted by atomic mass is 9.94. The number of carbonyl (C=O) groups is 2. The van der Waals surface area contributed by atoms with Gasteiger partial charge in [0.1, 0.15) is 0 Å². The van der Waals surface area contributed by atoms with E-state index >= 15 is 0 Å². The normalized spacial score (nSPS) is 13.1. The minimum Gasteiger partial charge on any atom is -0.481 e. The first-order valence-electron chi connectivity index (χ1n) is 6.92. The fraction of sp³-hybridized carbons (Fsp3) is 0.846. The highest BCUT2D eigenvalue weighted by molar-refractivity contribution is 7.89. The summed E-state index contributed by atoms with van der Waals surface area (Å²) in [4.78, 5) is 21.7. The zero-order valence-electron chi connectivity index (χ0n) is 12.8. The highest BCUT2D eigenvalue weighted by atomic mass is 32.2. The maximum absolute atomic E-state index is 11.8. The van der Waals surface area contributed by atoms with E-state index in [1.807, 2.05) is 13.8 Å². The smallest absolute Gasteiger partial charge is 0.305 e. The third kappa shape index (κ3) is 11.2. The van der Waals surface area contributed by atoms with Crippen molar-refractivity contribution in [2.24, 2.45) is 11.8 Å². The standard InChI is InChI=1S/C13H25NO6S/c1-10(2)7-11(8-12(15)16)9-14-21(18,19)6-4-5-13(17)20-3/h10-11,14H,4-9H2,1-3H3,(H,15,16). The van der Waals surface area contributed by atoms with Crippen molar-refractivity contribution in [2.75, 3.05) is 19.4 Å². The molecule has 0 fully saturated rings. The van der Waals surface area contributed by atoms with Gasteiger partial charge in [0.25, 0.3) is 0 Å². The van der Waals surface area contributed by atoms with Gasteiger partial charge in [-0.05, 0) is 24.7 Å². The van der Waals surface area contributed by atoms with Gasteiger partial charge >= 0.3 is 11.9 Å². The van der Waals surface area contributed by atoms with Gasteiger partial charge in [0.2, 0.25) is 10.0 Å². The Morgan fingerprint density at radius 2 is 1.90 bits per heavy atom. The number of carboxylic acids is 1. The van der Waals surface area contributed by atoms with Crippen molar-refractivity contribution in [3.05, 3.63) is 0 Å². The summed E-state index contributed by atoms with van der Waals surface area (Å²) in [6.07, 6.45) is 0.789. The van der Waals surface area contributed by atoms with E-state index in [-0.39, 0.29) is 43.4 Å². The third-order valence-corrected chi connectivity index (χ3v) is 4.31. The van der Waals surface area contributed by atoms with E-state index in [9.17, 15) is 18.0 Å². The van der Waals surface area contributed by atoms with Crippen LogP contribution >= 0.6 is 0 Å². The molecule has 0 spiro atoms. The Morgan fingerprint density at radius 3 is 2.38 bits per heavy atom. The molecule has 0 aliphatic heterocycles. The molecule has 0 saturated carbocycles. The Hall–Kier alpha value is -1.15. The van der Waals surface area contributed by atoms with Crippen LogP contribution in [0.15, 0.2) is 0 Å². The molecule has 0 rings (SSSR count). The number of sulfonamides is 1. The minimum atomic E-state index is -3.50. The Balaban J connectivity index is 4.28. The quantitative estimate of drug-likeness (QED) is 0.549. The van der Waals surface area contributed by atoms with E-state index in [0.29, 0.717) is 6.42 Å². The van der Waals surface area contributed by atoms with E-state index < -0.39 is 22.0 Å². The molecule has 124 valence electrons. The Bertz CT molecular complexity index is 432. The molecule has 1 atom stereocenters. The topological polar surface area (TPSA) is 110 Å². The van der Waals surface area contributed by atoms with Crippen molar-refractivity contribution in [1.82, 2.24) is 4.72 Å². The van der Waals surface area contributed by atoms with Crippen molar-refractivity contribution < 1.29 is 27.9 Å². The molecule has 1 unspecified atom stereocenters. The summed E-state index contributed by atoms with van der Waals surface area (Å²) in [5, 5.41) is 8.83. The van der Waals surface area contributed by atoms with Gasteiger partial charge < -0.3 is 9.84 Å². The highest BCUT2D eigenvalue weighted by Gasteiger charge is 2.18. The van der Waals surface area contributed by atoms with Gasteiger partial charge in [-0.15, -0.1) is 0 Å². The number of aliphatic carboxylic acids is 1. The molecular weight excluding hydrogens is 298 g/mol. The fourth-order valence-electron chi connectivity index (χ4n) is 1.98. The zero-order chi connectivity index (χ0) is 16.5. The zero-order valence-corrected chi connectivity index (χ0v) is 13.6. The fourth-order valence-corrected chi connectivity index (χ4v) is 3.14. The number of rotatable bonds is 11. The third-order valence-electron chi connectivity index (χ3n) is 2.88. The van der Waals surface area contributed by atoms with Crippen LogP contribution in [-0.2, 0) is 24.3 Å². The lowest BCUT2D eigenvalue weighted by Crippen LogP contribution is -2.33. The summed E-state index contributed by atoms with van der Waals surface area (Å²) in [6, 6.07) is 0. The molecule has 7 nitrogen and oxygen atoms in total. The van der Waals surface area contributed by atoms with Crippen LogP contribution in [0, 0.1) is 11.8 Å². The first-order chi connectivity index (χ1) is 9.66. The SMILES string of the molecule is COC(=O)CCCS(=O)(=O)NCC(CC(=O)O)CC(C)C. The molecule has 2 N–H and O–H groups in total. The summed E-state index contributed by atoms with van der Waals surface area (Å²) in [5.74, 6) is -1.51. The second-order valence-electron chi connectivity index (χ2n) is 5.44. The molecule has 0 aromatic heterocycles. The molecule has 0 radical (unpaired) electrons. The average Bonchev–Trinajstić information content (AvgIpc) is 2.34. The van der Waals surface area contributed by atoms with Gasteiger partial charge in [-0.1, -0.05) is 13.8 Å². The largest absolute Gasteiger partial charge is 0.481 e. The van der Waals surface area contributed by atoms with E-state index in [1.165, 1.54) is 7.11 Å². The average molecular weight is 323 g/mol. The van der Waals surface area contributed by atoms with E-state index in [0.717, 1.165) is 0 Å². The van der Waals surface area contributed by atoms with E-state index in [1.54, 1.807) is 0 Å². The molecule has 0 saturated heterocycles. The van der Waals surface area contributed by atoms with Crippen molar-refractivity contribution in [3.63, 3.8) is 0 Å². The first-order valence-corrected chi connectivity index (χ1v) is 8.57. The van der Waals surface area contributed by atoms with Crippen LogP contribution in [0.25, 0.3) is 0 Å². The molecule has 0 aromatic carbocycles.